The van der Waals surface area contributed by atoms with Crippen LogP contribution in [0.3, 0.4) is 0 Å². The van der Waals surface area contributed by atoms with E-state index in [-0.39, 0.29) is 25.1 Å². The fraction of sp³-hybridized carbons (Fsp3) is 0.700. The Labute approximate surface area is 150 Å². The number of carbonyl (C=O) groups is 1. The molecule has 0 aliphatic heterocycles. The van der Waals surface area contributed by atoms with E-state index in [0.29, 0.717) is 11.8 Å². The van der Waals surface area contributed by atoms with Crippen molar-refractivity contribution in [3.8, 4) is 0 Å². The van der Waals surface area contributed by atoms with E-state index in [4.69, 9.17) is 4.84 Å². The summed E-state index contributed by atoms with van der Waals surface area (Å²) in [5, 5.41) is 14.2. The van der Waals surface area contributed by atoms with Gasteiger partial charge in [-0.1, -0.05) is 49.6 Å². The van der Waals surface area contributed by atoms with Crippen LogP contribution in [-0.4, -0.2) is 36.6 Å². The van der Waals surface area contributed by atoms with Gasteiger partial charge in [0, 0.05) is 0 Å². The molecule has 1 fully saturated rings. The monoisotopic (exact) mass is 349 g/mol. The van der Waals surface area contributed by atoms with Gasteiger partial charge in [-0.25, -0.2) is 0 Å². The normalized spacial score (nSPS) is 25.2. The average Bonchev–Trinajstić information content (AvgIpc) is 3.17. The molecular formula is C20H31NO4. The molecule has 5 heteroatoms. The van der Waals surface area contributed by atoms with E-state index in [9.17, 15) is 9.90 Å². The summed E-state index contributed by atoms with van der Waals surface area (Å²) in [6.45, 7) is 2.43. The third kappa shape index (κ3) is 6.31. The highest BCUT2D eigenvalue weighted by Gasteiger charge is 2.36. The molecule has 0 aromatic carbocycles. The van der Waals surface area contributed by atoms with Crippen LogP contribution in [0.15, 0.2) is 29.0 Å². The van der Waals surface area contributed by atoms with Crippen LogP contribution in [0, 0.1) is 11.8 Å². The summed E-state index contributed by atoms with van der Waals surface area (Å²) in [5.74, 6) is 0.804. The zero-order valence-corrected chi connectivity index (χ0v) is 15.4. The highest BCUT2D eigenvalue weighted by molar-refractivity contribution is 5.87. The lowest BCUT2D eigenvalue weighted by Gasteiger charge is -2.11. The number of aliphatic hydroxyl groups excluding tert-OH is 1. The fourth-order valence-corrected chi connectivity index (χ4v) is 3.58. The molecule has 2 rings (SSSR count). The second-order valence-electron chi connectivity index (χ2n) is 6.95. The van der Waals surface area contributed by atoms with Crippen molar-refractivity contribution in [2.24, 2.45) is 17.0 Å². The first-order valence-corrected chi connectivity index (χ1v) is 9.44. The van der Waals surface area contributed by atoms with Crippen LogP contribution >= 0.6 is 0 Å². The van der Waals surface area contributed by atoms with Crippen LogP contribution in [0.4, 0.5) is 0 Å². The molecule has 0 aromatic heterocycles. The van der Waals surface area contributed by atoms with Crippen LogP contribution in [0.2, 0.25) is 0 Å². The van der Waals surface area contributed by atoms with Crippen molar-refractivity contribution >= 4 is 11.7 Å². The van der Waals surface area contributed by atoms with E-state index in [1.54, 1.807) is 0 Å². The maximum atomic E-state index is 11.0. The lowest BCUT2D eigenvalue weighted by Crippen LogP contribution is -2.05. The number of allylic oxidation sites excluding steroid dienone is 3. The molecule has 0 aromatic rings. The molecule has 0 bridgehead atoms. The van der Waals surface area contributed by atoms with Crippen molar-refractivity contribution in [2.45, 2.75) is 64.4 Å². The highest BCUT2D eigenvalue weighted by Crippen LogP contribution is 2.43. The average molecular weight is 349 g/mol. The smallest absolute Gasteiger partial charge is 0.309 e. The standard InChI is InChI=1S/C20H31NO4/c1-3-4-5-6-18(22)10-9-15-7-8-16-13-17(14-19(15)16)21-25-12-11-20(23)24-2/h7,9-10,16,18-19,22H,3-6,8,11-14H2,1-2H3/b10-9-,21-17-/t16-,18?,19+/m1/s1. The third-order valence-corrected chi connectivity index (χ3v) is 5.04. The Balaban J connectivity index is 1.76. The SMILES string of the molecule is CCCCCC(O)/C=C\C1=CC[C@@H]2C/C(=N/OCCC(=O)OC)C[C@@H]12. The summed E-state index contributed by atoms with van der Waals surface area (Å²) >= 11 is 0. The molecule has 140 valence electrons. The van der Waals surface area contributed by atoms with Crippen molar-refractivity contribution in [2.75, 3.05) is 13.7 Å². The van der Waals surface area contributed by atoms with Crippen LogP contribution in [0.1, 0.15) is 58.3 Å². The minimum Gasteiger partial charge on any atom is -0.469 e. The zero-order valence-electron chi connectivity index (χ0n) is 15.4. The Kier molecular flexibility index (Phi) is 8.19. The van der Waals surface area contributed by atoms with Gasteiger partial charge >= 0.3 is 5.97 Å². The summed E-state index contributed by atoms with van der Waals surface area (Å²) in [6.07, 6.45) is 13.4. The number of ether oxygens (including phenoxy) is 1. The quantitative estimate of drug-likeness (QED) is 0.370. The van der Waals surface area contributed by atoms with Gasteiger partial charge in [0.1, 0.15) is 6.61 Å². The van der Waals surface area contributed by atoms with Gasteiger partial charge in [-0.15, -0.1) is 0 Å². The Hall–Kier alpha value is -1.62. The van der Waals surface area contributed by atoms with Gasteiger partial charge in [0.15, 0.2) is 0 Å². The first-order chi connectivity index (χ1) is 12.1. The molecular weight excluding hydrogens is 318 g/mol. The van der Waals surface area contributed by atoms with Crippen molar-refractivity contribution < 1.29 is 19.5 Å². The molecule has 0 radical (unpaired) electrons. The molecule has 3 atom stereocenters. The minimum atomic E-state index is -0.345. The number of aliphatic hydroxyl groups is 1. The van der Waals surface area contributed by atoms with Gasteiger partial charge in [-0.05, 0) is 43.1 Å². The van der Waals surface area contributed by atoms with Crippen molar-refractivity contribution in [3.05, 3.63) is 23.8 Å². The number of hydrogen-bond donors (Lipinski definition) is 1. The summed E-state index contributed by atoms with van der Waals surface area (Å²) < 4.78 is 4.57. The molecule has 1 unspecified atom stereocenters. The van der Waals surface area contributed by atoms with Gasteiger partial charge in [-0.3, -0.25) is 4.79 Å². The largest absolute Gasteiger partial charge is 0.469 e. The van der Waals surface area contributed by atoms with E-state index in [1.165, 1.54) is 25.5 Å². The Morgan fingerprint density at radius 2 is 2.28 bits per heavy atom. The summed E-state index contributed by atoms with van der Waals surface area (Å²) in [4.78, 5) is 16.3. The van der Waals surface area contributed by atoms with E-state index in [2.05, 4.69) is 29.0 Å². The third-order valence-electron chi connectivity index (χ3n) is 5.04. The number of fused-ring (bicyclic) bond motifs is 1. The molecule has 2 aliphatic carbocycles. The van der Waals surface area contributed by atoms with E-state index < -0.39 is 0 Å². The predicted molar refractivity (Wildman–Crippen MR) is 98.2 cm³/mol. The number of rotatable bonds is 10. The maximum absolute atomic E-state index is 11.0. The maximum Gasteiger partial charge on any atom is 0.309 e. The van der Waals surface area contributed by atoms with E-state index >= 15 is 0 Å². The Morgan fingerprint density at radius 3 is 3.04 bits per heavy atom. The minimum absolute atomic E-state index is 0.226. The Morgan fingerprint density at radius 1 is 1.44 bits per heavy atom. The number of esters is 1. The van der Waals surface area contributed by atoms with Gasteiger partial charge in [0.05, 0.1) is 25.3 Å². The molecule has 5 nitrogen and oxygen atoms in total. The molecule has 0 spiro atoms. The van der Waals surface area contributed by atoms with Crippen molar-refractivity contribution in [1.29, 1.82) is 0 Å². The molecule has 0 heterocycles. The zero-order chi connectivity index (χ0) is 18.1. The number of carbonyl (C=O) groups excluding carboxylic acids is 1. The van der Waals surface area contributed by atoms with Gasteiger partial charge in [0.25, 0.3) is 0 Å². The molecule has 2 aliphatic rings. The fourth-order valence-electron chi connectivity index (χ4n) is 3.58. The van der Waals surface area contributed by atoms with Crippen LogP contribution in [-0.2, 0) is 14.4 Å². The summed E-state index contributed by atoms with van der Waals surface area (Å²) in [6, 6.07) is 0. The predicted octanol–water partition coefficient (Wildman–Crippen LogP) is 3.78. The van der Waals surface area contributed by atoms with Crippen LogP contribution < -0.4 is 0 Å². The number of oxime groups is 1. The summed E-state index contributed by atoms with van der Waals surface area (Å²) in [5.41, 5.74) is 2.39. The van der Waals surface area contributed by atoms with E-state index in [1.807, 2.05) is 6.08 Å². The second-order valence-corrected chi connectivity index (χ2v) is 6.95. The highest BCUT2D eigenvalue weighted by atomic mass is 16.6. The summed E-state index contributed by atoms with van der Waals surface area (Å²) in [7, 11) is 1.37. The topological polar surface area (TPSA) is 68.1 Å². The number of hydrogen-bond acceptors (Lipinski definition) is 5. The lowest BCUT2D eigenvalue weighted by molar-refractivity contribution is -0.141. The first kappa shape index (κ1) is 19.7. The van der Waals surface area contributed by atoms with Gasteiger partial charge in [-0.2, -0.15) is 0 Å². The van der Waals surface area contributed by atoms with Crippen LogP contribution in [0.5, 0.6) is 0 Å². The van der Waals surface area contributed by atoms with Gasteiger partial charge in [0.2, 0.25) is 0 Å². The molecule has 1 N–H and O–H groups in total. The van der Waals surface area contributed by atoms with Crippen molar-refractivity contribution in [3.63, 3.8) is 0 Å². The first-order valence-electron chi connectivity index (χ1n) is 9.44. The second kappa shape index (κ2) is 10.4. The molecule has 0 saturated heterocycles. The number of methoxy groups -OCH3 is 1. The van der Waals surface area contributed by atoms with Crippen molar-refractivity contribution in [1.82, 2.24) is 0 Å². The lowest BCUT2D eigenvalue weighted by atomic mass is 9.94. The van der Waals surface area contributed by atoms with E-state index in [0.717, 1.165) is 37.8 Å². The number of unbranched alkanes of at least 4 members (excludes halogenated alkanes) is 2. The molecule has 25 heavy (non-hydrogen) atoms. The molecule has 1 saturated carbocycles. The van der Waals surface area contributed by atoms with Crippen LogP contribution in [0.25, 0.3) is 0 Å². The Bertz CT molecular complexity index is 524. The number of nitrogens with zero attached hydrogens (tertiary/aromatic N) is 1. The van der Waals surface area contributed by atoms with Gasteiger partial charge < -0.3 is 14.7 Å². The molecule has 0 amide bonds.